The molecule has 0 saturated heterocycles. The number of nitrogens with zero attached hydrogens (tertiary/aromatic N) is 1. The number of hydrogen-bond acceptors (Lipinski definition) is 3. The molecule has 1 N–H and O–H groups in total. The molecule has 0 aliphatic carbocycles. The van der Waals surface area contributed by atoms with Gasteiger partial charge in [-0.15, -0.1) is 0 Å². The minimum Gasteiger partial charge on any atom is -0.373 e. The van der Waals surface area contributed by atoms with Crippen LogP contribution in [-0.4, -0.2) is 34.2 Å². The number of halogens is 3. The number of alkyl halides is 3. The Morgan fingerprint density at radius 2 is 1.60 bits per heavy atom. The average Bonchev–Trinajstić information content (AvgIpc) is 2.54. The number of para-hydroxylation sites is 1. The van der Waals surface area contributed by atoms with Gasteiger partial charge in [0.15, 0.2) is 0 Å². The molecule has 0 radical (unpaired) electrons. The van der Waals surface area contributed by atoms with E-state index in [-0.39, 0.29) is 4.90 Å². The summed E-state index contributed by atoms with van der Waals surface area (Å²) in [5, 5.41) is 0. The number of aryl methyl sites for hydroxylation is 1. The average molecular weight is 372 g/mol. The molecular formula is C17H19F3N2O2S. The van der Waals surface area contributed by atoms with Crippen molar-refractivity contribution in [2.24, 2.45) is 0 Å². The highest BCUT2D eigenvalue weighted by Gasteiger charge is 2.43. The summed E-state index contributed by atoms with van der Waals surface area (Å²) in [4.78, 5) is 1.16. The Morgan fingerprint density at radius 3 is 2.12 bits per heavy atom. The second-order valence-electron chi connectivity index (χ2n) is 5.74. The topological polar surface area (TPSA) is 49.4 Å². The van der Waals surface area contributed by atoms with E-state index in [0.29, 0.717) is 5.69 Å². The molecule has 1 atom stereocenters. The summed E-state index contributed by atoms with van der Waals surface area (Å²) in [6.07, 6.45) is -4.72. The van der Waals surface area contributed by atoms with Crippen molar-refractivity contribution in [1.29, 1.82) is 0 Å². The van der Waals surface area contributed by atoms with E-state index in [1.807, 2.05) is 0 Å². The van der Waals surface area contributed by atoms with Crippen molar-refractivity contribution in [1.82, 2.24) is 4.72 Å². The molecule has 2 aromatic rings. The Kier molecular flexibility index (Phi) is 5.74. The van der Waals surface area contributed by atoms with Gasteiger partial charge in [-0.05, 0) is 31.2 Å². The number of likely N-dealkylation sites (N-methyl/N-ethyl adjacent to an activating group) is 1. The Labute approximate surface area is 145 Å². The van der Waals surface area contributed by atoms with Crippen molar-refractivity contribution in [3.8, 4) is 0 Å². The maximum Gasteiger partial charge on any atom is 0.406 e. The molecule has 0 aliphatic rings. The number of anilines is 1. The summed E-state index contributed by atoms with van der Waals surface area (Å²) < 4.78 is 66.4. The van der Waals surface area contributed by atoms with Gasteiger partial charge in [-0.25, -0.2) is 8.42 Å². The van der Waals surface area contributed by atoms with E-state index in [1.165, 1.54) is 36.2 Å². The Hall–Kier alpha value is -2.06. The van der Waals surface area contributed by atoms with Crippen LogP contribution in [0.3, 0.4) is 0 Å². The molecule has 0 amide bonds. The smallest absolute Gasteiger partial charge is 0.373 e. The number of nitrogens with one attached hydrogen (secondary N) is 1. The minimum atomic E-state index is -4.72. The molecule has 136 valence electrons. The summed E-state index contributed by atoms with van der Waals surface area (Å²) in [5.41, 5.74) is 1.38. The molecule has 0 fully saturated rings. The molecule has 2 aromatic carbocycles. The maximum absolute atomic E-state index is 13.4. The van der Waals surface area contributed by atoms with Crippen LogP contribution in [0, 0.1) is 6.92 Å². The van der Waals surface area contributed by atoms with E-state index in [0.717, 1.165) is 5.56 Å². The third-order valence-corrected chi connectivity index (χ3v) is 5.16. The summed E-state index contributed by atoms with van der Waals surface area (Å²) in [5.74, 6) is 0. The third-order valence-electron chi connectivity index (χ3n) is 3.68. The molecule has 4 nitrogen and oxygen atoms in total. The van der Waals surface area contributed by atoms with Gasteiger partial charge in [0.25, 0.3) is 0 Å². The van der Waals surface area contributed by atoms with E-state index >= 15 is 0 Å². The number of rotatable bonds is 6. The molecule has 25 heavy (non-hydrogen) atoms. The van der Waals surface area contributed by atoms with Gasteiger partial charge in [0.05, 0.1) is 4.90 Å². The van der Waals surface area contributed by atoms with Crippen LogP contribution in [0.25, 0.3) is 0 Å². The molecular weight excluding hydrogens is 353 g/mol. The van der Waals surface area contributed by atoms with E-state index in [9.17, 15) is 21.6 Å². The molecule has 8 heteroatoms. The molecule has 0 aliphatic heterocycles. The Balaban J connectivity index is 2.22. The molecule has 0 aromatic heterocycles. The van der Waals surface area contributed by atoms with Gasteiger partial charge in [-0.3, -0.25) is 0 Å². The first-order chi connectivity index (χ1) is 11.6. The second kappa shape index (κ2) is 7.45. The third kappa shape index (κ3) is 5.20. The fourth-order valence-corrected chi connectivity index (χ4v) is 3.46. The van der Waals surface area contributed by atoms with Gasteiger partial charge >= 0.3 is 6.18 Å². The molecule has 0 spiro atoms. The van der Waals surface area contributed by atoms with Gasteiger partial charge in [0, 0.05) is 19.3 Å². The standard InChI is InChI=1S/C17H19F3N2O2S/c1-13-8-10-15(11-9-13)25(23,24)21-16(17(18,19)20)12-22(2)14-6-4-3-5-7-14/h3-11,16,21H,12H2,1-2H3. The predicted molar refractivity (Wildman–Crippen MR) is 91.1 cm³/mol. The molecule has 1 unspecified atom stereocenters. The first-order valence-corrected chi connectivity index (χ1v) is 9.00. The Morgan fingerprint density at radius 1 is 1.04 bits per heavy atom. The fourth-order valence-electron chi connectivity index (χ4n) is 2.24. The summed E-state index contributed by atoms with van der Waals surface area (Å²) in [6.45, 7) is 1.22. The lowest BCUT2D eigenvalue weighted by Gasteiger charge is -2.28. The lowest BCUT2D eigenvalue weighted by atomic mass is 10.2. The number of hydrogen-bond donors (Lipinski definition) is 1. The first kappa shape index (κ1) is 19.3. The Bertz CT molecular complexity index is 791. The van der Waals surface area contributed by atoms with Crippen LogP contribution in [-0.2, 0) is 10.0 Å². The van der Waals surface area contributed by atoms with Crippen molar-refractivity contribution < 1.29 is 21.6 Å². The zero-order valence-corrected chi connectivity index (χ0v) is 14.6. The van der Waals surface area contributed by atoms with E-state index in [1.54, 1.807) is 42.0 Å². The highest BCUT2D eigenvalue weighted by Crippen LogP contribution is 2.24. The molecule has 0 heterocycles. The van der Waals surface area contributed by atoms with Crippen molar-refractivity contribution in [2.45, 2.75) is 24.0 Å². The lowest BCUT2D eigenvalue weighted by Crippen LogP contribution is -2.51. The van der Waals surface area contributed by atoms with Crippen LogP contribution >= 0.6 is 0 Å². The number of sulfonamides is 1. The predicted octanol–water partition coefficient (Wildman–Crippen LogP) is 3.34. The number of benzene rings is 2. The summed E-state index contributed by atoms with van der Waals surface area (Å²) >= 11 is 0. The fraction of sp³-hybridized carbons (Fsp3) is 0.294. The zero-order chi connectivity index (χ0) is 18.7. The quantitative estimate of drug-likeness (QED) is 0.846. The van der Waals surface area contributed by atoms with Crippen LogP contribution in [0.15, 0.2) is 59.5 Å². The van der Waals surface area contributed by atoms with Gasteiger partial charge in [-0.1, -0.05) is 35.9 Å². The summed E-state index contributed by atoms with van der Waals surface area (Å²) in [6, 6.07) is 11.9. The minimum absolute atomic E-state index is 0.199. The highest BCUT2D eigenvalue weighted by atomic mass is 32.2. The SMILES string of the molecule is Cc1ccc(S(=O)(=O)NC(CN(C)c2ccccc2)C(F)(F)F)cc1. The monoisotopic (exact) mass is 372 g/mol. The molecule has 0 bridgehead atoms. The van der Waals surface area contributed by atoms with E-state index in [4.69, 9.17) is 0 Å². The van der Waals surface area contributed by atoms with Gasteiger partial charge in [0.2, 0.25) is 10.0 Å². The van der Waals surface area contributed by atoms with E-state index < -0.39 is 28.8 Å². The first-order valence-electron chi connectivity index (χ1n) is 7.51. The van der Waals surface area contributed by atoms with Crippen molar-refractivity contribution >= 4 is 15.7 Å². The highest BCUT2D eigenvalue weighted by molar-refractivity contribution is 7.89. The molecule has 0 saturated carbocycles. The normalized spacial score (nSPS) is 13.5. The van der Waals surface area contributed by atoms with Gasteiger partial charge in [0.1, 0.15) is 6.04 Å². The van der Waals surface area contributed by atoms with Crippen LogP contribution < -0.4 is 9.62 Å². The lowest BCUT2D eigenvalue weighted by molar-refractivity contribution is -0.148. The maximum atomic E-state index is 13.4. The van der Waals surface area contributed by atoms with Crippen molar-refractivity contribution in [3.05, 3.63) is 60.2 Å². The van der Waals surface area contributed by atoms with Crippen molar-refractivity contribution in [3.63, 3.8) is 0 Å². The van der Waals surface area contributed by atoms with Crippen LogP contribution in [0.2, 0.25) is 0 Å². The largest absolute Gasteiger partial charge is 0.406 e. The molecule has 2 rings (SSSR count). The second-order valence-corrected chi connectivity index (χ2v) is 7.46. The zero-order valence-electron chi connectivity index (χ0n) is 13.8. The van der Waals surface area contributed by atoms with Gasteiger partial charge < -0.3 is 4.90 Å². The summed E-state index contributed by atoms with van der Waals surface area (Å²) in [7, 11) is -2.80. The van der Waals surface area contributed by atoms with E-state index in [2.05, 4.69) is 0 Å². The van der Waals surface area contributed by atoms with Crippen LogP contribution in [0.4, 0.5) is 18.9 Å². The van der Waals surface area contributed by atoms with Crippen LogP contribution in [0.1, 0.15) is 5.56 Å². The van der Waals surface area contributed by atoms with Crippen LogP contribution in [0.5, 0.6) is 0 Å². The van der Waals surface area contributed by atoms with Gasteiger partial charge in [-0.2, -0.15) is 17.9 Å². The van der Waals surface area contributed by atoms with Crippen molar-refractivity contribution in [2.75, 3.05) is 18.5 Å².